The third-order valence-corrected chi connectivity index (χ3v) is 6.72. The van der Waals surface area contributed by atoms with Gasteiger partial charge in [-0.1, -0.05) is 66.0 Å². The topological polar surface area (TPSA) is 9.23 Å². The van der Waals surface area contributed by atoms with Gasteiger partial charge in [-0.3, -0.25) is 0 Å². The Bertz CT molecular complexity index is 628. The Labute approximate surface area is 135 Å². The fraction of sp³-hybridized carbons (Fsp3) is 0.474. The minimum Gasteiger partial charge on any atom is -0.496 e. The second-order valence-corrected chi connectivity index (χ2v) is 7.10. The van der Waals surface area contributed by atoms with Gasteiger partial charge in [0.2, 0.25) is 0 Å². The van der Waals surface area contributed by atoms with Crippen molar-refractivity contribution in [1.82, 2.24) is 0 Å². The number of fused-ring (bicyclic) bond motifs is 1. The number of methoxy groups -OCH3 is 1. The Morgan fingerprint density at radius 2 is 1.76 bits per heavy atom. The van der Waals surface area contributed by atoms with E-state index in [9.17, 15) is 0 Å². The summed E-state index contributed by atoms with van der Waals surface area (Å²) in [5.74, 6) is 0.964. The molecule has 3 rings (SSSR count). The molecule has 0 N–H and O–H groups in total. The molecule has 0 radical (unpaired) electrons. The quantitative estimate of drug-likeness (QED) is 0.594. The van der Waals surface area contributed by atoms with E-state index in [4.69, 9.17) is 4.74 Å². The van der Waals surface area contributed by atoms with E-state index in [2.05, 4.69) is 59.3 Å². The summed E-state index contributed by atoms with van der Waals surface area (Å²) in [6.45, 7) is 2.34. The van der Waals surface area contributed by atoms with Gasteiger partial charge in [-0.2, -0.15) is 0 Å². The summed E-state index contributed by atoms with van der Waals surface area (Å²) >= 11 is 4.06. The lowest BCUT2D eigenvalue weighted by Crippen LogP contribution is -2.21. The molecule has 2 heteroatoms. The molecular formula is C19H23BrO. The van der Waals surface area contributed by atoms with Crippen LogP contribution in [0.3, 0.4) is 0 Å². The normalized spacial score (nSPS) is 18.8. The molecule has 0 aromatic heterocycles. The van der Waals surface area contributed by atoms with Crippen molar-refractivity contribution in [3.05, 3.63) is 42.0 Å². The molecule has 1 nitrogen and oxygen atoms in total. The number of ether oxygens (including phenoxy) is 1. The first-order chi connectivity index (χ1) is 10.2. The van der Waals surface area contributed by atoms with E-state index in [1.807, 2.05) is 0 Å². The molecule has 0 bridgehead atoms. The van der Waals surface area contributed by atoms with E-state index < -0.39 is 0 Å². The Balaban J connectivity index is 2.12. The van der Waals surface area contributed by atoms with Crippen LogP contribution < -0.4 is 4.74 Å². The monoisotopic (exact) mass is 346 g/mol. The van der Waals surface area contributed by atoms with Crippen molar-refractivity contribution < 1.29 is 4.74 Å². The third-order valence-electron chi connectivity index (χ3n) is 5.25. The second-order valence-electron chi connectivity index (χ2n) is 6.19. The van der Waals surface area contributed by atoms with Crippen LogP contribution in [0.15, 0.2) is 36.4 Å². The van der Waals surface area contributed by atoms with Crippen molar-refractivity contribution in [3.63, 3.8) is 0 Å². The third kappa shape index (κ3) is 2.48. The highest BCUT2D eigenvalue weighted by atomic mass is 79.9. The molecule has 1 unspecified atom stereocenters. The lowest BCUT2D eigenvalue weighted by Gasteiger charge is -2.34. The number of hydrogen-bond acceptors (Lipinski definition) is 1. The summed E-state index contributed by atoms with van der Waals surface area (Å²) in [6, 6.07) is 13.0. The summed E-state index contributed by atoms with van der Waals surface area (Å²) in [5, 5.41) is 2.53. The zero-order valence-electron chi connectivity index (χ0n) is 12.9. The van der Waals surface area contributed by atoms with Crippen molar-refractivity contribution in [2.75, 3.05) is 7.11 Å². The van der Waals surface area contributed by atoms with Crippen LogP contribution in [0.2, 0.25) is 0 Å². The Kier molecular flexibility index (Phi) is 4.26. The standard InChI is InChI=1S/C19H23BrO/c1-3-19(12-6-7-13-19)18(20)16-10-11-17(21-2)15-9-5-4-8-14(15)16/h4-5,8-11,18H,3,6-7,12-13H2,1-2H3. The number of halogens is 1. The zero-order valence-corrected chi connectivity index (χ0v) is 14.4. The minimum atomic E-state index is 0.414. The van der Waals surface area contributed by atoms with Crippen LogP contribution in [-0.2, 0) is 0 Å². The number of hydrogen-bond donors (Lipinski definition) is 0. The van der Waals surface area contributed by atoms with Crippen LogP contribution >= 0.6 is 15.9 Å². The van der Waals surface area contributed by atoms with Crippen molar-refractivity contribution in [2.45, 2.75) is 43.9 Å². The Morgan fingerprint density at radius 3 is 2.38 bits per heavy atom. The zero-order chi connectivity index (χ0) is 14.9. The maximum atomic E-state index is 5.52. The van der Waals surface area contributed by atoms with Crippen molar-refractivity contribution in [1.29, 1.82) is 0 Å². The average Bonchev–Trinajstić information content (AvgIpc) is 3.03. The minimum absolute atomic E-state index is 0.414. The van der Waals surface area contributed by atoms with Crippen LogP contribution in [0, 0.1) is 5.41 Å². The number of alkyl halides is 1. The fourth-order valence-corrected chi connectivity index (χ4v) is 5.07. The molecule has 1 aliphatic rings. The van der Waals surface area contributed by atoms with Gasteiger partial charge < -0.3 is 4.74 Å². The van der Waals surface area contributed by atoms with E-state index in [0.717, 1.165) is 5.75 Å². The van der Waals surface area contributed by atoms with Gasteiger partial charge >= 0.3 is 0 Å². The second kappa shape index (κ2) is 6.00. The fourth-order valence-electron chi connectivity index (χ4n) is 3.89. The van der Waals surface area contributed by atoms with Crippen LogP contribution in [0.4, 0.5) is 0 Å². The summed E-state index contributed by atoms with van der Waals surface area (Å²) in [6.07, 6.45) is 6.64. The van der Waals surface area contributed by atoms with E-state index in [0.29, 0.717) is 10.2 Å². The molecular weight excluding hydrogens is 324 g/mol. The summed E-state index contributed by atoms with van der Waals surface area (Å²) in [5.41, 5.74) is 1.83. The molecule has 0 aliphatic heterocycles. The molecule has 1 fully saturated rings. The molecule has 2 aromatic rings. The highest BCUT2D eigenvalue weighted by molar-refractivity contribution is 9.09. The SMILES string of the molecule is CCC1(C(Br)c2ccc(OC)c3ccccc23)CCCC1. The van der Waals surface area contributed by atoms with Crippen LogP contribution in [0.5, 0.6) is 5.75 Å². The van der Waals surface area contributed by atoms with Gasteiger partial charge in [0, 0.05) is 10.2 Å². The predicted molar refractivity (Wildman–Crippen MR) is 93.4 cm³/mol. The highest BCUT2D eigenvalue weighted by Gasteiger charge is 2.39. The molecule has 112 valence electrons. The molecule has 2 aromatic carbocycles. The molecule has 0 heterocycles. The van der Waals surface area contributed by atoms with Gasteiger partial charge in [0.05, 0.1) is 7.11 Å². The summed E-state index contributed by atoms with van der Waals surface area (Å²) < 4.78 is 5.52. The number of rotatable bonds is 4. The maximum absolute atomic E-state index is 5.52. The number of benzene rings is 2. The maximum Gasteiger partial charge on any atom is 0.126 e. The van der Waals surface area contributed by atoms with Gasteiger partial charge in [-0.05, 0) is 41.7 Å². The summed E-state index contributed by atoms with van der Waals surface area (Å²) in [4.78, 5) is 0.424. The van der Waals surface area contributed by atoms with Gasteiger partial charge in [0.15, 0.2) is 0 Å². The molecule has 0 amide bonds. The van der Waals surface area contributed by atoms with Gasteiger partial charge in [0.25, 0.3) is 0 Å². The summed E-state index contributed by atoms with van der Waals surface area (Å²) in [7, 11) is 1.75. The van der Waals surface area contributed by atoms with E-state index in [1.165, 1.54) is 48.4 Å². The highest BCUT2D eigenvalue weighted by Crippen LogP contribution is 2.55. The lowest BCUT2D eigenvalue weighted by atomic mass is 9.77. The van der Waals surface area contributed by atoms with Gasteiger partial charge in [-0.25, -0.2) is 0 Å². The van der Waals surface area contributed by atoms with Crippen LogP contribution in [0.25, 0.3) is 10.8 Å². The molecule has 21 heavy (non-hydrogen) atoms. The molecule has 1 saturated carbocycles. The lowest BCUT2D eigenvalue weighted by molar-refractivity contribution is 0.280. The van der Waals surface area contributed by atoms with Crippen molar-refractivity contribution >= 4 is 26.7 Å². The molecule has 1 aliphatic carbocycles. The average molecular weight is 347 g/mol. The first-order valence-electron chi connectivity index (χ1n) is 7.91. The van der Waals surface area contributed by atoms with Gasteiger partial charge in [0.1, 0.15) is 5.75 Å². The van der Waals surface area contributed by atoms with E-state index >= 15 is 0 Å². The Hall–Kier alpha value is -1.02. The first kappa shape index (κ1) is 14.9. The predicted octanol–water partition coefficient (Wildman–Crippen LogP) is 6.25. The van der Waals surface area contributed by atoms with E-state index in [-0.39, 0.29) is 0 Å². The molecule has 1 atom stereocenters. The van der Waals surface area contributed by atoms with Crippen molar-refractivity contribution in [3.8, 4) is 5.75 Å². The molecule has 0 saturated heterocycles. The first-order valence-corrected chi connectivity index (χ1v) is 8.83. The van der Waals surface area contributed by atoms with Gasteiger partial charge in [-0.15, -0.1) is 0 Å². The van der Waals surface area contributed by atoms with Crippen molar-refractivity contribution in [2.24, 2.45) is 5.41 Å². The van der Waals surface area contributed by atoms with Crippen LogP contribution in [0.1, 0.15) is 49.4 Å². The Morgan fingerprint density at radius 1 is 1.10 bits per heavy atom. The largest absolute Gasteiger partial charge is 0.496 e. The van der Waals surface area contributed by atoms with E-state index in [1.54, 1.807) is 7.11 Å². The smallest absolute Gasteiger partial charge is 0.126 e. The van der Waals surface area contributed by atoms with Crippen LogP contribution in [-0.4, -0.2) is 7.11 Å². The molecule has 0 spiro atoms.